The Kier molecular flexibility index (Phi) is 9.33. The van der Waals surface area contributed by atoms with E-state index < -0.39 is 53.2 Å². The molecule has 1 aromatic heterocycles. The fourth-order valence-corrected chi connectivity index (χ4v) is 5.68. The molecule has 250 valence electrons. The summed E-state index contributed by atoms with van der Waals surface area (Å²) in [5.41, 5.74) is 0.0512. The summed E-state index contributed by atoms with van der Waals surface area (Å²) in [4.78, 5) is 58.6. The van der Waals surface area contributed by atoms with Crippen LogP contribution in [0.15, 0.2) is 54.6 Å². The first kappa shape index (κ1) is 33.5. The van der Waals surface area contributed by atoms with Crippen LogP contribution in [-0.2, 0) is 19.1 Å². The summed E-state index contributed by atoms with van der Waals surface area (Å²) in [6.07, 6.45) is -0.686. The predicted molar refractivity (Wildman–Crippen MR) is 174 cm³/mol. The normalized spacial score (nSPS) is 19.2. The summed E-state index contributed by atoms with van der Waals surface area (Å²) in [7, 11) is 1.58. The number of fused-ring (bicyclic) bond motifs is 1. The van der Waals surface area contributed by atoms with Crippen LogP contribution in [-0.4, -0.2) is 81.8 Å². The van der Waals surface area contributed by atoms with E-state index in [0.717, 1.165) is 5.56 Å². The van der Waals surface area contributed by atoms with E-state index in [4.69, 9.17) is 19.2 Å². The second kappa shape index (κ2) is 13.1. The molecule has 12 heteroatoms. The Labute approximate surface area is 273 Å². The van der Waals surface area contributed by atoms with Gasteiger partial charge in [-0.3, -0.25) is 9.59 Å². The maximum Gasteiger partial charge on any atom is 0.408 e. The summed E-state index contributed by atoms with van der Waals surface area (Å²) in [5.74, 6) is -1.41. The number of nitrogens with zero attached hydrogens (tertiary/aromatic N) is 2. The number of amides is 3. The number of pyridine rings is 1. The SMILES string of the molecule is COc1ccc2c(OC3CC(C(=O)NC4(C(=O)O)CC4)N(C(=O)[C@@H](NC(=O)OC(C)(C)C)C(C)C)C3)cc(-c3ccccc3)nc2c1. The van der Waals surface area contributed by atoms with Crippen LogP contribution in [0.4, 0.5) is 4.79 Å². The van der Waals surface area contributed by atoms with Gasteiger partial charge in [0.1, 0.15) is 40.8 Å². The molecule has 1 aliphatic heterocycles. The molecule has 2 fully saturated rings. The van der Waals surface area contributed by atoms with Crippen LogP contribution in [0, 0.1) is 5.92 Å². The number of rotatable bonds is 10. The van der Waals surface area contributed by atoms with E-state index in [1.165, 1.54) is 4.90 Å². The van der Waals surface area contributed by atoms with Crippen molar-refractivity contribution in [3.8, 4) is 22.8 Å². The molecule has 1 saturated carbocycles. The first-order valence-corrected chi connectivity index (χ1v) is 15.8. The average molecular weight is 647 g/mol. The van der Waals surface area contributed by atoms with Gasteiger partial charge < -0.3 is 34.9 Å². The van der Waals surface area contributed by atoms with Crippen molar-refractivity contribution < 1.29 is 38.5 Å². The highest BCUT2D eigenvalue weighted by Crippen LogP contribution is 2.37. The number of alkyl carbamates (subject to hydrolysis) is 1. The summed E-state index contributed by atoms with van der Waals surface area (Å²) in [5, 5.41) is 15.8. The van der Waals surface area contributed by atoms with Crippen LogP contribution in [0.5, 0.6) is 11.5 Å². The number of likely N-dealkylation sites (tertiary alicyclic amines) is 1. The van der Waals surface area contributed by atoms with Gasteiger partial charge in [0, 0.05) is 29.5 Å². The van der Waals surface area contributed by atoms with Gasteiger partial charge in [-0.1, -0.05) is 44.2 Å². The number of hydrogen-bond acceptors (Lipinski definition) is 8. The fraction of sp³-hybridized carbons (Fsp3) is 0.457. The topological polar surface area (TPSA) is 156 Å². The van der Waals surface area contributed by atoms with Crippen molar-refractivity contribution in [2.24, 2.45) is 5.92 Å². The van der Waals surface area contributed by atoms with Crippen LogP contribution in [0.2, 0.25) is 0 Å². The molecule has 12 nitrogen and oxygen atoms in total. The minimum absolute atomic E-state index is 0.0247. The number of aliphatic carboxylic acids is 1. The zero-order valence-electron chi connectivity index (χ0n) is 27.5. The van der Waals surface area contributed by atoms with Crippen molar-refractivity contribution in [1.29, 1.82) is 0 Å². The maximum absolute atomic E-state index is 14.1. The molecule has 0 bridgehead atoms. The smallest absolute Gasteiger partial charge is 0.408 e. The third-order valence-corrected chi connectivity index (χ3v) is 8.32. The molecule has 1 aliphatic carbocycles. The van der Waals surface area contributed by atoms with Crippen molar-refractivity contribution in [2.45, 2.75) is 83.2 Å². The Hall–Kier alpha value is -4.87. The minimum Gasteiger partial charge on any atom is -0.497 e. The second-order valence-corrected chi connectivity index (χ2v) is 13.5. The largest absolute Gasteiger partial charge is 0.497 e. The molecular weight excluding hydrogens is 604 g/mol. The Morgan fingerprint density at radius 1 is 1.04 bits per heavy atom. The van der Waals surface area contributed by atoms with Crippen LogP contribution in [0.3, 0.4) is 0 Å². The van der Waals surface area contributed by atoms with Gasteiger partial charge in [0.15, 0.2) is 0 Å². The number of benzene rings is 2. The van der Waals surface area contributed by atoms with Gasteiger partial charge >= 0.3 is 12.1 Å². The highest BCUT2D eigenvalue weighted by Gasteiger charge is 2.54. The number of carboxylic acid groups (broad SMARTS) is 1. The molecule has 5 rings (SSSR count). The molecule has 2 heterocycles. The van der Waals surface area contributed by atoms with E-state index in [1.807, 2.05) is 48.5 Å². The highest BCUT2D eigenvalue weighted by atomic mass is 16.6. The number of aromatic nitrogens is 1. The minimum atomic E-state index is -1.35. The number of nitrogens with one attached hydrogen (secondary N) is 2. The highest BCUT2D eigenvalue weighted by molar-refractivity contribution is 5.96. The Morgan fingerprint density at radius 2 is 1.74 bits per heavy atom. The van der Waals surface area contributed by atoms with E-state index in [1.54, 1.807) is 47.8 Å². The quantitative estimate of drug-likeness (QED) is 0.288. The molecule has 2 aliphatic rings. The summed E-state index contributed by atoms with van der Waals surface area (Å²) in [6.45, 7) is 8.76. The van der Waals surface area contributed by atoms with Gasteiger partial charge in [-0.05, 0) is 51.7 Å². The molecule has 0 radical (unpaired) electrons. The monoisotopic (exact) mass is 646 g/mol. The van der Waals surface area contributed by atoms with Crippen molar-refractivity contribution in [3.05, 3.63) is 54.6 Å². The van der Waals surface area contributed by atoms with Gasteiger partial charge in [-0.2, -0.15) is 0 Å². The first-order valence-electron chi connectivity index (χ1n) is 15.8. The van der Waals surface area contributed by atoms with Gasteiger partial charge in [-0.15, -0.1) is 0 Å². The number of ether oxygens (including phenoxy) is 3. The standard InChI is InChI=1S/C35H42N4O8/c1-20(2)29(37-33(44)47-34(3,4)5)31(41)39-19-23(17-27(39)30(40)38-35(14-15-35)32(42)43)46-28-18-25(21-10-8-7-9-11-21)36-26-16-22(45-6)12-13-24(26)28/h7-13,16,18,20,23,27,29H,14-15,17,19H2,1-6H3,(H,37,44)(H,38,40)(H,42,43)/t23?,27?,29-/m0/s1. The van der Waals surface area contributed by atoms with Gasteiger partial charge in [0.2, 0.25) is 11.8 Å². The van der Waals surface area contributed by atoms with Crippen LogP contribution >= 0.6 is 0 Å². The molecular formula is C35H42N4O8. The summed E-state index contributed by atoms with van der Waals surface area (Å²) in [6, 6.07) is 14.9. The number of methoxy groups -OCH3 is 1. The average Bonchev–Trinajstić information content (AvgIpc) is 3.68. The van der Waals surface area contributed by atoms with Crippen molar-refractivity contribution in [1.82, 2.24) is 20.5 Å². The number of carboxylic acids is 1. The van der Waals surface area contributed by atoms with Gasteiger partial charge in [0.25, 0.3) is 0 Å². The molecule has 3 amide bonds. The van der Waals surface area contributed by atoms with Crippen LogP contribution in [0.25, 0.3) is 22.2 Å². The molecule has 47 heavy (non-hydrogen) atoms. The lowest BCUT2D eigenvalue weighted by molar-refractivity contribution is -0.145. The number of carbonyl (C=O) groups is 4. The number of carbonyl (C=O) groups excluding carboxylic acids is 3. The van der Waals surface area contributed by atoms with Crippen molar-refractivity contribution >= 4 is 34.8 Å². The number of hydrogen-bond donors (Lipinski definition) is 3. The molecule has 3 N–H and O–H groups in total. The lowest BCUT2D eigenvalue weighted by Gasteiger charge is -2.31. The van der Waals surface area contributed by atoms with E-state index in [0.29, 0.717) is 40.9 Å². The van der Waals surface area contributed by atoms with Crippen molar-refractivity contribution in [3.63, 3.8) is 0 Å². The van der Waals surface area contributed by atoms with Gasteiger partial charge in [-0.25, -0.2) is 14.6 Å². The zero-order chi connectivity index (χ0) is 34.1. The maximum atomic E-state index is 14.1. The first-order chi connectivity index (χ1) is 22.2. The fourth-order valence-electron chi connectivity index (χ4n) is 5.68. The second-order valence-electron chi connectivity index (χ2n) is 13.5. The van der Waals surface area contributed by atoms with Crippen molar-refractivity contribution in [2.75, 3.05) is 13.7 Å². The van der Waals surface area contributed by atoms with Crippen LogP contribution < -0.4 is 20.1 Å². The third kappa shape index (κ3) is 7.58. The van der Waals surface area contributed by atoms with E-state index in [9.17, 15) is 24.3 Å². The molecule has 3 aromatic rings. The Balaban J connectivity index is 1.47. The zero-order valence-corrected chi connectivity index (χ0v) is 27.5. The van der Waals surface area contributed by atoms with Gasteiger partial charge in [0.05, 0.1) is 24.9 Å². The molecule has 1 saturated heterocycles. The Morgan fingerprint density at radius 3 is 2.34 bits per heavy atom. The third-order valence-electron chi connectivity index (χ3n) is 8.32. The molecule has 2 aromatic carbocycles. The lowest BCUT2D eigenvalue weighted by Crippen LogP contribution is -2.57. The Bertz CT molecular complexity index is 1670. The van der Waals surface area contributed by atoms with E-state index in [-0.39, 0.29) is 18.9 Å². The van der Waals surface area contributed by atoms with E-state index in [2.05, 4.69) is 10.6 Å². The lowest BCUT2D eigenvalue weighted by atomic mass is 10.0. The summed E-state index contributed by atoms with van der Waals surface area (Å²) < 4.78 is 17.4. The summed E-state index contributed by atoms with van der Waals surface area (Å²) >= 11 is 0. The molecule has 0 spiro atoms. The molecule has 2 unspecified atom stereocenters. The predicted octanol–water partition coefficient (Wildman–Crippen LogP) is 4.54. The van der Waals surface area contributed by atoms with Crippen LogP contribution in [0.1, 0.15) is 53.9 Å². The molecule has 3 atom stereocenters. The van der Waals surface area contributed by atoms with E-state index >= 15 is 0 Å².